The molecule has 108 heavy (non-hydrogen) atoms. The molecule has 0 saturated heterocycles. The lowest BCUT2D eigenvalue weighted by Gasteiger charge is -2.11. The normalized spacial score (nSPS) is 11.7. The van der Waals surface area contributed by atoms with E-state index in [0.717, 1.165) is 111 Å². The molecule has 0 N–H and O–H groups in total. The van der Waals surface area contributed by atoms with E-state index in [9.17, 15) is 10.5 Å². The molecule has 8 heteroatoms. The standard InChI is InChI=1S/2C50H30N4/c51-31-36-30-50(52-45-17-6-3-13-40(36)45)54-47-19-8-5-15-42(47)44-29-35(23-27-49(44)54)34-22-26-48-43(28-34)41-14-4-7-18-46(41)53(48)37-24-20-33(21-25-37)39-16-9-11-32-10-1-2-12-38(32)39;51-31-38-30-50(52-45-14-6-3-11-40(38)45)54-47-16-8-5-13-42(47)44-28-36(22-26-48(44)54)37-21-25-43-41-12-4-7-15-46(41)53(49(43)29-37)39-23-19-33(20-24-39)35-18-17-32-9-1-2-10-34(32)27-35/h2*1-30H. The number of para-hydroxylation sites is 6. The Labute approximate surface area is 620 Å². The van der Waals surface area contributed by atoms with Gasteiger partial charge in [-0.15, -0.1) is 0 Å². The maximum absolute atomic E-state index is 10.1. The van der Waals surface area contributed by atoms with Crippen LogP contribution in [-0.4, -0.2) is 28.2 Å². The molecule has 6 heterocycles. The molecule has 22 aromatic rings. The molecule has 0 amide bonds. The van der Waals surface area contributed by atoms with Gasteiger partial charge in [0.25, 0.3) is 0 Å². The van der Waals surface area contributed by atoms with Gasteiger partial charge in [0.05, 0.1) is 78.4 Å². The molecule has 0 atom stereocenters. The van der Waals surface area contributed by atoms with Crippen LogP contribution in [0.25, 0.3) is 198 Å². The van der Waals surface area contributed by atoms with Crippen molar-refractivity contribution in [1.29, 1.82) is 10.5 Å². The number of rotatable bonds is 8. The van der Waals surface area contributed by atoms with Crippen LogP contribution in [0.2, 0.25) is 0 Å². The molecule has 0 spiro atoms. The number of benzene rings is 16. The fourth-order valence-electron chi connectivity index (χ4n) is 16.8. The summed E-state index contributed by atoms with van der Waals surface area (Å²) in [5.74, 6) is 1.48. The molecule has 8 nitrogen and oxygen atoms in total. The molecule has 0 aliphatic rings. The van der Waals surface area contributed by atoms with Crippen molar-refractivity contribution in [3.63, 3.8) is 0 Å². The van der Waals surface area contributed by atoms with Crippen molar-refractivity contribution in [2.75, 3.05) is 0 Å². The van der Waals surface area contributed by atoms with Crippen molar-refractivity contribution in [3.8, 4) is 79.7 Å². The fourth-order valence-corrected chi connectivity index (χ4v) is 16.8. The van der Waals surface area contributed by atoms with Gasteiger partial charge in [0, 0.05) is 65.2 Å². The van der Waals surface area contributed by atoms with E-state index in [-0.39, 0.29) is 0 Å². The molecular formula is C100H60N8. The monoisotopic (exact) mass is 1370 g/mol. The Morgan fingerprint density at radius 1 is 0.204 bits per heavy atom. The van der Waals surface area contributed by atoms with Crippen LogP contribution in [0.3, 0.4) is 0 Å². The van der Waals surface area contributed by atoms with Gasteiger partial charge in [-0.05, 0) is 187 Å². The van der Waals surface area contributed by atoms with Crippen LogP contribution in [0.1, 0.15) is 11.1 Å². The van der Waals surface area contributed by atoms with Gasteiger partial charge in [-0.2, -0.15) is 10.5 Å². The van der Waals surface area contributed by atoms with Crippen molar-refractivity contribution in [2.24, 2.45) is 0 Å². The predicted octanol–water partition coefficient (Wildman–Crippen LogP) is 25.6. The summed E-state index contributed by atoms with van der Waals surface area (Å²) < 4.78 is 9.14. The van der Waals surface area contributed by atoms with E-state index in [1.165, 1.54) is 87.4 Å². The van der Waals surface area contributed by atoms with E-state index in [4.69, 9.17) is 9.97 Å². The Morgan fingerprint density at radius 2 is 0.546 bits per heavy atom. The highest BCUT2D eigenvalue weighted by molar-refractivity contribution is 6.15. The van der Waals surface area contributed by atoms with Gasteiger partial charge in [-0.25, -0.2) is 9.97 Å². The quantitative estimate of drug-likeness (QED) is 0.151. The van der Waals surface area contributed by atoms with E-state index in [1.807, 2.05) is 60.7 Å². The van der Waals surface area contributed by atoms with E-state index in [2.05, 4.69) is 334 Å². The lowest BCUT2D eigenvalue weighted by Crippen LogP contribution is -1.99. The first-order chi connectivity index (χ1) is 53.4. The molecule has 500 valence electrons. The minimum atomic E-state index is 0.616. The van der Waals surface area contributed by atoms with Crippen molar-refractivity contribution >= 4 is 131 Å². The number of aromatic nitrogens is 6. The lowest BCUT2D eigenvalue weighted by molar-refractivity contribution is 1.10. The number of fused-ring (bicyclic) bond motifs is 16. The van der Waals surface area contributed by atoms with Crippen LogP contribution in [0, 0.1) is 22.7 Å². The van der Waals surface area contributed by atoms with E-state index < -0.39 is 0 Å². The summed E-state index contributed by atoms with van der Waals surface area (Å²) in [5.41, 5.74) is 23.5. The van der Waals surface area contributed by atoms with Crippen LogP contribution in [-0.2, 0) is 0 Å². The number of hydrogen-bond donors (Lipinski definition) is 0. The van der Waals surface area contributed by atoms with E-state index in [0.29, 0.717) is 11.1 Å². The fraction of sp³-hybridized carbons (Fsp3) is 0. The highest BCUT2D eigenvalue weighted by atomic mass is 15.1. The average Bonchev–Trinajstić information content (AvgIpc) is 1.58. The third-order valence-corrected chi connectivity index (χ3v) is 21.9. The zero-order chi connectivity index (χ0) is 71.5. The van der Waals surface area contributed by atoms with Crippen molar-refractivity contribution < 1.29 is 0 Å². The second-order valence-electron chi connectivity index (χ2n) is 27.8. The first-order valence-corrected chi connectivity index (χ1v) is 36.4. The van der Waals surface area contributed by atoms with Crippen LogP contribution in [0.5, 0.6) is 0 Å². The largest absolute Gasteiger partial charge is 0.309 e. The smallest absolute Gasteiger partial charge is 0.139 e. The number of nitriles is 2. The summed E-state index contributed by atoms with van der Waals surface area (Å²) >= 11 is 0. The molecule has 0 aliphatic carbocycles. The van der Waals surface area contributed by atoms with Crippen molar-refractivity contribution in [3.05, 3.63) is 375 Å². The highest BCUT2D eigenvalue weighted by Crippen LogP contribution is 2.43. The zero-order valence-corrected chi connectivity index (χ0v) is 58.2. The predicted molar refractivity (Wildman–Crippen MR) is 447 cm³/mol. The molecule has 0 bridgehead atoms. The van der Waals surface area contributed by atoms with Crippen LogP contribution >= 0.6 is 0 Å². The summed E-state index contributed by atoms with van der Waals surface area (Å²) in [6.07, 6.45) is 0. The zero-order valence-electron chi connectivity index (χ0n) is 58.2. The molecule has 0 radical (unpaired) electrons. The minimum absolute atomic E-state index is 0.616. The third-order valence-electron chi connectivity index (χ3n) is 21.9. The molecule has 0 saturated carbocycles. The maximum atomic E-state index is 10.1. The van der Waals surface area contributed by atoms with Gasteiger partial charge in [-0.1, -0.05) is 243 Å². The summed E-state index contributed by atoms with van der Waals surface area (Å²) in [4.78, 5) is 10.1. The van der Waals surface area contributed by atoms with E-state index in [1.54, 1.807) is 0 Å². The average molecular weight is 1370 g/mol. The van der Waals surface area contributed by atoms with Crippen LogP contribution < -0.4 is 0 Å². The number of nitrogens with zero attached hydrogens (tertiary/aromatic N) is 8. The summed E-state index contributed by atoms with van der Waals surface area (Å²) in [6.45, 7) is 0. The van der Waals surface area contributed by atoms with Gasteiger partial charge in [-0.3, -0.25) is 9.13 Å². The van der Waals surface area contributed by atoms with Crippen molar-refractivity contribution in [2.45, 2.75) is 0 Å². The lowest BCUT2D eigenvalue weighted by atomic mass is 9.98. The Morgan fingerprint density at radius 3 is 1.06 bits per heavy atom. The molecule has 6 aromatic heterocycles. The summed E-state index contributed by atoms with van der Waals surface area (Å²) in [5, 5.41) is 36.3. The summed E-state index contributed by atoms with van der Waals surface area (Å²) in [6, 6.07) is 134. The second-order valence-corrected chi connectivity index (χ2v) is 27.8. The molecular weight excluding hydrogens is 1310 g/mol. The van der Waals surface area contributed by atoms with Gasteiger partial charge < -0.3 is 9.13 Å². The molecule has 0 fully saturated rings. The van der Waals surface area contributed by atoms with Gasteiger partial charge in [0.15, 0.2) is 0 Å². The number of pyridine rings is 2. The maximum Gasteiger partial charge on any atom is 0.139 e. The Bertz CT molecular complexity index is 7580. The van der Waals surface area contributed by atoms with Crippen LogP contribution in [0.15, 0.2) is 364 Å². The Kier molecular flexibility index (Phi) is 14.2. The molecule has 16 aromatic carbocycles. The topological polar surface area (TPSA) is 93.1 Å². The summed E-state index contributed by atoms with van der Waals surface area (Å²) in [7, 11) is 0. The number of hydrogen-bond acceptors (Lipinski definition) is 4. The van der Waals surface area contributed by atoms with Crippen LogP contribution in [0.4, 0.5) is 0 Å². The van der Waals surface area contributed by atoms with E-state index >= 15 is 0 Å². The SMILES string of the molecule is N#Cc1cc(-n2c3ccccc3c3cc(-c4ccc5c(c4)c4ccccc4n5-c4ccc(-c5cccc6ccccc56)cc4)ccc32)nc2ccccc12.N#Cc1cc(-n2c3ccccc3c3cc(-c4ccc5c6ccccc6n(-c6ccc(-c7ccc8ccccc8c7)cc6)c5c4)ccc32)nc2ccccc12. The first kappa shape index (κ1) is 61.7. The van der Waals surface area contributed by atoms with Gasteiger partial charge >= 0.3 is 0 Å². The second kappa shape index (κ2) is 24.9. The first-order valence-electron chi connectivity index (χ1n) is 36.4. The minimum Gasteiger partial charge on any atom is -0.309 e. The Hall–Kier alpha value is -15.0. The molecule has 22 rings (SSSR count). The molecule has 0 unspecified atom stereocenters. The molecule has 0 aliphatic heterocycles. The van der Waals surface area contributed by atoms with Gasteiger partial charge in [0.2, 0.25) is 0 Å². The Balaban J connectivity index is 0.000000138. The van der Waals surface area contributed by atoms with Crippen molar-refractivity contribution in [1.82, 2.24) is 28.2 Å². The highest BCUT2D eigenvalue weighted by Gasteiger charge is 2.22. The third kappa shape index (κ3) is 9.97. The van der Waals surface area contributed by atoms with Gasteiger partial charge in [0.1, 0.15) is 11.6 Å².